The van der Waals surface area contributed by atoms with Crippen molar-refractivity contribution in [3.8, 4) is 0 Å². The molecule has 0 aromatic rings. The Morgan fingerprint density at radius 2 is 2.19 bits per heavy atom. The fourth-order valence-electron chi connectivity index (χ4n) is 2.30. The Bertz CT molecular complexity index is 240. The molecule has 92 valence electrons. The van der Waals surface area contributed by atoms with Crippen LogP contribution in [0.4, 0.5) is 4.79 Å². The number of likely N-dealkylation sites (tertiary alicyclic amines) is 1. The summed E-state index contributed by atoms with van der Waals surface area (Å²) in [4.78, 5) is 13.9. The van der Waals surface area contributed by atoms with E-state index in [-0.39, 0.29) is 6.03 Å². The summed E-state index contributed by atoms with van der Waals surface area (Å²) in [5.41, 5.74) is 0. The summed E-state index contributed by atoms with van der Waals surface area (Å²) in [5.74, 6) is 0.650. The molecule has 1 atom stereocenters. The molecule has 16 heavy (non-hydrogen) atoms. The molecule has 1 heterocycles. The number of nitrogens with one attached hydrogen (secondary N) is 2. The summed E-state index contributed by atoms with van der Waals surface area (Å²) in [7, 11) is 0. The van der Waals surface area contributed by atoms with E-state index < -0.39 is 0 Å². The Hall–Kier alpha value is -0.770. The average molecular weight is 225 g/mol. The summed E-state index contributed by atoms with van der Waals surface area (Å²) in [6, 6.07) is 0.483. The first-order valence-corrected chi connectivity index (χ1v) is 6.54. The van der Waals surface area contributed by atoms with E-state index in [1.807, 2.05) is 0 Å². The van der Waals surface area contributed by atoms with Gasteiger partial charge in [-0.05, 0) is 44.7 Å². The lowest BCUT2D eigenvalue weighted by Crippen LogP contribution is -2.39. The van der Waals surface area contributed by atoms with Gasteiger partial charge in [0.2, 0.25) is 0 Å². The smallest absolute Gasteiger partial charge is 0.315 e. The van der Waals surface area contributed by atoms with Crippen LogP contribution in [0.3, 0.4) is 0 Å². The first kappa shape index (κ1) is 11.7. The first-order valence-electron chi connectivity index (χ1n) is 6.54. The third kappa shape index (κ3) is 3.67. The molecule has 1 aliphatic carbocycles. The van der Waals surface area contributed by atoms with Gasteiger partial charge < -0.3 is 15.5 Å². The fraction of sp³-hybridized carbons (Fsp3) is 0.917. The van der Waals surface area contributed by atoms with Crippen LogP contribution in [0.2, 0.25) is 0 Å². The van der Waals surface area contributed by atoms with Gasteiger partial charge in [0.05, 0.1) is 0 Å². The number of hydrogen-bond donors (Lipinski definition) is 2. The van der Waals surface area contributed by atoms with Gasteiger partial charge in [0.1, 0.15) is 0 Å². The number of amides is 2. The number of hydrogen-bond acceptors (Lipinski definition) is 2. The minimum atomic E-state index is 0.0245. The zero-order valence-electron chi connectivity index (χ0n) is 10.2. The average Bonchev–Trinajstić information content (AvgIpc) is 2.95. The lowest BCUT2D eigenvalue weighted by atomic mass is 10.1. The molecule has 1 unspecified atom stereocenters. The zero-order valence-corrected chi connectivity index (χ0v) is 10.2. The molecule has 2 aliphatic rings. The van der Waals surface area contributed by atoms with Crippen LogP contribution < -0.4 is 10.6 Å². The highest BCUT2D eigenvalue weighted by Gasteiger charge is 2.25. The molecule has 1 aliphatic heterocycles. The Morgan fingerprint density at radius 3 is 2.88 bits per heavy atom. The highest BCUT2D eigenvalue weighted by Crippen LogP contribution is 2.18. The number of carbonyl (C=O) groups excluding carboxylic acids is 1. The highest BCUT2D eigenvalue weighted by atomic mass is 16.2. The maximum absolute atomic E-state index is 11.4. The van der Waals surface area contributed by atoms with E-state index >= 15 is 0 Å². The van der Waals surface area contributed by atoms with Gasteiger partial charge in [0.25, 0.3) is 0 Å². The Labute approximate surface area is 97.8 Å². The van der Waals surface area contributed by atoms with E-state index in [1.165, 1.54) is 25.9 Å². The molecule has 0 aromatic heterocycles. The van der Waals surface area contributed by atoms with Crippen LogP contribution in [0.15, 0.2) is 0 Å². The van der Waals surface area contributed by atoms with Crippen molar-refractivity contribution in [3.05, 3.63) is 0 Å². The molecule has 2 N–H and O–H groups in total. The zero-order chi connectivity index (χ0) is 11.4. The van der Waals surface area contributed by atoms with Gasteiger partial charge >= 0.3 is 6.03 Å². The number of nitrogens with zero attached hydrogens (tertiary/aromatic N) is 1. The number of rotatable bonds is 5. The van der Waals surface area contributed by atoms with Gasteiger partial charge in [-0.2, -0.15) is 0 Å². The van der Waals surface area contributed by atoms with Crippen molar-refractivity contribution < 1.29 is 4.79 Å². The Morgan fingerprint density at radius 1 is 1.38 bits per heavy atom. The van der Waals surface area contributed by atoms with Crippen LogP contribution in [0.1, 0.15) is 32.6 Å². The molecule has 4 heteroatoms. The maximum Gasteiger partial charge on any atom is 0.315 e. The van der Waals surface area contributed by atoms with Crippen molar-refractivity contribution in [2.24, 2.45) is 5.92 Å². The van der Waals surface area contributed by atoms with E-state index in [2.05, 4.69) is 22.5 Å². The molecule has 0 bridgehead atoms. The van der Waals surface area contributed by atoms with Gasteiger partial charge in [-0.15, -0.1) is 0 Å². The van der Waals surface area contributed by atoms with E-state index in [4.69, 9.17) is 0 Å². The predicted molar refractivity (Wildman–Crippen MR) is 64.4 cm³/mol. The molecule has 0 spiro atoms. The number of carbonyl (C=O) groups is 1. The second kappa shape index (κ2) is 5.53. The second-order valence-corrected chi connectivity index (χ2v) is 5.08. The van der Waals surface area contributed by atoms with Crippen molar-refractivity contribution in [3.63, 3.8) is 0 Å². The van der Waals surface area contributed by atoms with E-state index in [1.54, 1.807) is 0 Å². The van der Waals surface area contributed by atoms with Gasteiger partial charge in [-0.25, -0.2) is 4.79 Å². The first-order chi connectivity index (χ1) is 7.78. The Balaban J connectivity index is 1.57. The summed E-state index contributed by atoms with van der Waals surface area (Å²) < 4.78 is 0. The fourth-order valence-corrected chi connectivity index (χ4v) is 2.30. The standard InChI is InChI=1S/C12H23N3O/c1-2-6-15-7-5-10(9-15)8-13-12(16)14-11-3-4-11/h10-11H,2-9H2,1H3,(H2,13,14,16). The van der Waals surface area contributed by atoms with E-state index in [0.717, 1.165) is 25.9 Å². The largest absolute Gasteiger partial charge is 0.338 e. The van der Waals surface area contributed by atoms with Crippen molar-refractivity contribution in [2.75, 3.05) is 26.2 Å². The highest BCUT2D eigenvalue weighted by molar-refractivity contribution is 5.74. The minimum absolute atomic E-state index is 0.0245. The molecule has 2 rings (SSSR count). The van der Waals surface area contributed by atoms with Crippen LogP contribution in [0, 0.1) is 5.92 Å². The van der Waals surface area contributed by atoms with Crippen molar-refractivity contribution in [2.45, 2.75) is 38.6 Å². The summed E-state index contributed by atoms with van der Waals surface area (Å²) in [6.07, 6.45) is 4.76. The third-order valence-electron chi connectivity index (χ3n) is 3.37. The number of urea groups is 1. The van der Waals surface area contributed by atoms with Gasteiger partial charge in [-0.3, -0.25) is 0 Å². The lowest BCUT2D eigenvalue weighted by molar-refractivity contribution is 0.238. The molecular formula is C12H23N3O. The van der Waals surface area contributed by atoms with Crippen molar-refractivity contribution in [1.29, 1.82) is 0 Å². The SMILES string of the molecule is CCCN1CCC(CNC(=O)NC2CC2)C1. The molecule has 0 aromatic carbocycles. The predicted octanol–water partition coefficient (Wildman–Crippen LogP) is 1.18. The normalized spacial score (nSPS) is 25.7. The third-order valence-corrected chi connectivity index (χ3v) is 3.37. The molecule has 1 saturated carbocycles. The van der Waals surface area contributed by atoms with Crippen molar-refractivity contribution in [1.82, 2.24) is 15.5 Å². The van der Waals surface area contributed by atoms with Gasteiger partial charge in [0, 0.05) is 19.1 Å². The summed E-state index contributed by atoms with van der Waals surface area (Å²) in [6.45, 7) is 6.60. The molecular weight excluding hydrogens is 202 g/mol. The lowest BCUT2D eigenvalue weighted by Gasteiger charge is -2.15. The van der Waals surface area contributed by atoms with E-state index in [0.29, 0.717) is 12.0 Å². The van der Waals surface area contributed by atoms with Crippen LogP contribution in [0.25, 0.3) is 0 Å². The van der Waals surface area contributed by atoms with Crippen LogP contribution in [-0.2, 0) is 0 Å². The summed E-state index contributed by atoms with van der Waals surface area (Å²) >= 11 is 0. The molecule has 4 nitrogen and oxygen atoms in total. The molecule has 2 fully saturated rings. The Kier molecular flexibility index (Phi) is 4.04. The second-order valence-electron chi connectivity index (χ2n) is 5.08. The van der Waals surface area contributed by atoms with Crippen LogP contribution >= 0.6 is 0 Å². The maximum atomic E-state index is 11.4. The topological polar surface area (TPSA) is 44.4 Å². The molecule has 0 radical (unpaired) electrons. The van der Waals surface area contributed by atoms with Gasteiger partial charge in [0.15, 0.2) is 0 Å². The molecule has 1 saturated heterocycles. The minimum Gasteiger partial charge on any atom is -0.338 e. The molecule has 2 amide bonds. The quantitative estimate of drug-likeness (QED) is 0.738. The summed E-state index contributed by atoms with van der Waals surface area (Å²) in [5, 5.41) is 5.93. The van der Waals surface area contributed by atoms with Crippen LogP contribution in [-0.4, -0.2) is 43.2 Å². The van der Waals surface area contributed by atoms with Crippen molar-refractivity contribution >= 4 is 6.03 Å². The van der Waals surface area contributed by atoms with E-state index in [9.17, 15) is 4.79 Å². The monoisotopic (exact) mass is 225 g/mol. The van der Waals surface area contributed by atoms with Crippen LogP contribution in [0.5, 0.6) is 0 Å². The van der Waals surface area contributed by atoms with Gasteiger partial charge in [-0.1, -0.05) is 6.92 Å².